The SMILES string of the molecule is COc1ccc2nc(NC(=O)C3CNNC3c3ccccc3)sc2c1. The van der Waals surface area contributed by atoms with E-state index in [1.165, 1.54) is 11.3 Å². The van der Waals surface area contributed by atoms with Crippen LogP contribution in [0.15, 0.2) is 48.5 Å². The summed E-state index contributed by atoms with van der Waals surface area (Å²) in [6, 6.07) is 15.6. The molecule has 1 fully saturated rings. The van der Waals surface area contributed by atoms with Gasteiger partial charge < -0.3 is 10.1 Å². The average Bonchev–Trinajstić information content (AvgIpc) is 3.28. The van der Waals surface area contributed by atoms with Crippen LogP contribution in [0.2, 0.25) is 0 Å². The van der Waals surface area contributed by atoms with Gasteiger partial charge in [-0.1, -0.05) is 41.7 Å². The van der Waals surface area contributed by atoms with Gasteiger partial charge in [0.25, 0.3) is 0 Å². The minimum atomic E-state index is -0.205. The zero-order valence-electron chi connectivity index (χ0n) is 13.7. The van der Waals surface area contributed by atoms with E-state index in [4.69, 9.17) is 4.74 Å². The summed E-state index contributed by atoms with van der Waals surface area (Å²) in [5, 5.41) is 3.56. The molecule has 128 valence electrons. The number of nitrogens with zero attached hydrogens (tertiary/aromatic N) is 1. The fraction of sp³-hybridized carbons (Fsp3) is 0.222. The van der Waals surface area contributed by atoms with E-state index >= 15 is 0 Å². The number of nitrogens with one attached hydrogen (secondary N) is 3. The number of amides is 1. The van der Waals surface area contributed by atoms with E-state index in [-0.39, 0.29) is 17.9 Å². The lowest BCUT2D eigenvalue weighted by Gasteiger charge is -2.17. The molecule has 3 N–H and O–H groups in total. The third kappa shape index (κ3) is 3.21. The summed E-state index contributed by atoms with van der Waals surface area (Å²) in [5.74, 6) is 0.531. The first-order valence-electron chi connectivity index (χ1n) is 8.03. The Hall–Kier alpha value is -2.48. The van der Waals surface area contributed by atoms with Gasteiger partial charge in [-0.3, -0.25) is 10.2 Å². The van der Waals surface area contributed by atoms with Crippen molar-refractivity contribution >= 4 is 32.6 Å². The van der Waals surface area contributed by atoms with Gasteiger partial charge in [-0.25, -0.2) is 10.4 Å². The summed E-state index contributed by atoms with van der Waals surface area (Å²) in [6.45, 7) is 0.574. The van der Waals surface area contributed by atoms with Crippen molar-refractivity contribution in [2.75, 3.05) is 19.0 Å². The molecule has 0 radical (unpaired) electrons. The molecule has 2 heterocycles. The molecule has 4 rings (SSSR count). The first-order chi connectivity index (χ1) is 12.2. The molecule has 1 aliphatic heterocycles. The lowest BCUT2D eigenvalue weighted by molar-refractivity contribution is -0.119. The van der Waals surface area contributed by atoms with Crippen molar-refractivity contribution in [3.8, 4) is 5.75 Å². The Bertz CT molecular complexity index is 896. The summed E-state index contributed by atoms with van der Waals surface area (Å²) in [7, 11) is 1.63. The van der Waals surface area contributed by atoms with Crippen molar-refractivity contribution in [3.05, 3.63) is 54.1 Å². The minimum Gasteiger partial charge on any atom is -0.497 e. The summed E-state index contributed by atoms with van der Waals surface area (Å²) in [4.78, 5) is 17.2. The summed E-state index contributed by atoms with van der Waals surface area (Å²) in [5.41, 5.74) is 8.21. The Morgan fingerprint density at radius 2 is 2.12 bits per heavy atom. The molecule has 0 spiro atoms. The normalized spacial score (nSPS) is 19.9. The van der Waals surface area contributed by atoms with Crippen LogP contribution in [0.5, 0.6) is 5.75 Å². The van der Waals surface area contributed by atoms with Crippen molar-refractivity contribution in [2.24, 2.45) is 5.92 Å². The summed E-state index contributed by atoms with van der Waals surface area (Å²) < 4.78 is 6.22. The topological polar surface area (TPSA) is 75.3 Å². The summed E-state index contributed by atoms with van der Waals surface area (Å²) in [6.07, 6.45) is 0. The number of rotatable bonds is 4. The molecule has 2 unspecified atom stereocenters. The number of carbonyl (C=O) groups is 1. The molecule has 0 aliphatic carbocycles. The number of aromatic nitrogens is 1. The molecule has 1 aromatic heterocycles. The van der Waals surface area contributed by atoms with E-state index in [1.807, 2.05) is 48.5 Å². The van der Waals surface area contributed by atoms with Crippen LogP contribution in [0, 0.1) is 5.92 Å². The van der Waals surface area contributed by atoms with Gasteiger partial charge in [0.05, 0.1) is 29.3 Å². The molecule has 0 saturated carbocycles. The highest BCUT2D eigenvalue weighted by molar-refractivity contribution is 7.22. The molecule has 1 saturated heterocycles. The molecular formula is C18H18N4O2S. The number of fused-ring (bicyclic) bond motifs is 1. The third-order valence-corrected chi connectivity index (χ3v) is 5.24. The van der Waals surface area contributed by atoms with Crippen LogP contribution in [0.3, 0.4) is 0 Å². The fourth-order valence-corrected chi connectivity index (χ4v) is 3.90. The molecule has 2 aromatic carbocycles. The number of ether oxygens (including phenoxy) is 1. The molecule has 1 amide bonds. The van der Waals surface area contributed by atoms with E-state index in [1.54, 1.807) is 7.11 Å². The molecule has 0 bridgehead atoms. The van der Waals surface area contributed by atoms with Gasteiger partial charge in [0.2, 0.25) is 5.91 Å². The molecule has 6 nitrogen and oxygen atoms in total. The van der Waals surface area contributed by atoms with Crippen molar-refractivity contribution < 1.29 is 9.53 Å². The molecule has 25 heavy (non-hydrogen) atoms. The standard InChI is InChI=1S/C18H18N4O2S/c1-24-12-7-8-14-15(9-12)25-18(20-14)21-17(23)13-10-19-22-16(13)11-5-3-2-4-6-11/h2-9,13,16,19,22H,10H2,1H3,(H,20,21,23). The number of anilines is 1. The number of hydrazine groups is 1. The Morgan fingerprint density at radius 3 is 2.92 bits per heavy atom. The van der Waals surface area contributed by atoms with Crippen LogP contribution < -0.4 is 20.9 Å². The molecule has 1 aliphatic rings. The number of benzene rings is 2. The largest absolute Gasteiger partial charge is 0.497 e. The van der Waals surface area contributed by atoms with Gasteiger partial charge >= 0.3 is 0 Å². The lowest BCUT2D eigenvalue weighted by Crippen LogP contribution is -2.29. The van der Waals surface area contributed by atoms with Crippen molar-refractivity contribution in [1.29, 1.82) is 0 Å². The summed E-state index contributed by atoms with van der Waals surface area (Å²) >= 11 is 1.45. The highest BCUT2D eigenvalue weighted by atomic mass is 32.1. The third-order valence-electron chi connectivity index (χ3n) is 4.30. The Balaban J connectivity index is 1.53. The van der Waals surface area contributed by atoms with Crippen LogP contribution in [0.4, 0.5) is 5.13 Å². The smallest absolute Gasteiger partial charge is 0.232 e. The van der Waals surface area contributed by atoms with Crippen LogP contribution in [-0.4, -0.2) is 24.5 Å². The van der Waals surface area contributed by atoms with Gasteiger partial charge in [0, 0.05) is 6.54 Å². The van der Waals surface area contributed by atoms with E-state index < -0.39 is 0 Å². The Labute approximate surface area is 149 Å². The number of hydrogen-bond donors (Lipinski definition) is 3. The average molecular weight is 354 g/mol. The number of thiazole rings is 1. The fourth-order valence-electron chi connectivity index (χ4n) is 3.00. The Kier molecular flexibility index (Phi) is 4.35. The van der Waals surface area contributed by atoms with E-state index in [0.29, 0.717) is 11.7 Å². The highest BCUT2D eigenvalue weighted by Gasteiger charge is 2.34. The van der Waals surface area contributed by atoms with Gasteiger partial charge in [-0.05, 0) is 23.8 Å². The maximum atomic E-state index is 12.7. The van der Waals surface area contributed by atoms with Gasteiger partial charge in [0.1, 0.15) is 5.75 Å². The predicted octanol–water partition coefficient (Wildman–Crippen LogP) is 2.71. The van der Waals surface area contributed by atoms with E-state index in [0.717, 1.165) is 21.5 Å². The number of methoxy groups -OCH3 is 1. The molecule has 3 aromatic rings. The second kappa shape index (κ2) is 6.79. The molecule has 7 heteroatoms. The molecular weight excluding hydrogens is 336 g/mol. The van der Waals surface area contributed by atoms with Crippen LogP contribution in [-0.2, 0) is 4.79 Å². The first kappa shape index (κ1) is 16.0. The molecule has 2 atom stereocenters. The zero-order valence-corrected chi connectivity index (χ0v) is 14.5. The van der Waals surface area contributed by atoms with Gasteiger partial charge in [-0.2, -0.15) is 0 Å². The van der Waals surface area contributed by atoms with E-state index in [9.17, 15) is 4.79 Å². The van der Waals surface area contributed by atoms with Gasteiger partial charge in [-0.15, -0.1) is 0 Å². The quantitative estimate of drug-likeness (QED) is 0.672. The highest BCUT2D eigenvalue weighted by Crippen LogP contribution is 2.31. The Morgan fingerprint density at radius 1 is 1.28 bits per heavy atom. The lowest BCUT2D eigenvalue weighted by atomic mass is 9.94. The zero-order chi connectivity index (χ0) is 17.2. The first-order valence-corrected chi connectivity index (χ1v) is 8.85. The number of hydrogen-bond acceptors (Lipinski definition) is 6. The monoisotopic (exact) mass is 354 g/mol. The number of carbonyl (C=O) groups excluding carboxylic acids is 1. The maximum absolute atomic E-state index is 12.7. The van der Waals surface area contributed by atoms with Crippen molar-refractivity contribution in [3.63, 3.8) is 0 Å². The maximum Gasteiger partial charge on any atom is 0.232 e. The predicted molar refractivity (Wildman–Crippen MR) is 98.6 cm³/mol. The minimum absolute atomic E-state index is 0.0441. The van der Waals surface area contributed by atoms with Gasteiger partial charge in [0.15, 0.2) is 5.13 Å². The second-order valence-corrected chi connectivity index (χ2v) is 6.89. The second-order valence-electron chi connectivity index (χ2n) is 5.86. The van der Waals surface area contributed by atoms with Crippen LogP contribution in [0.25, 0.3) is 10.2 Å². The van der Waals surface area contributed by atoms with Crippen LogP contribution >= 0.6 is 11.3 Å². The van der Waals surface area contributed by atoms with E-state index in [2.05, 4.69) is 21.2 Å². The van der Waals surface area contributed by atoms with Crippen molar-refractivity contribution in [2.45, 2.75) is 6.04 Å². The van der Waals surface area contributed by atoms with Crippen molar-refractivity contribution in [1.82, 2.24) is 15.8 Å². The van der Waals surface area contributed by atoms with Crippen LogP contribution in [0.1, 0.15) is 11.6 Å².